The number of nitrogens with zero attached hydrogens (tertiary/aromatic N) is 1. The van der Waals surface area contributed by atoms with E-state index in [4.69, 9.17) is 16.7 Å². The first-order valence-electron chi connectivity index (χ1n) is 4.46. The van der Waals surface area contributed by atoms with Crippen LogP contribution in [0.15, 0.2) is 11.6 Å². The van der Waals surface area contributed by atoms with E-state index >= 15 is 0 Å². The second-order valence-electron chi connectivity index (χ2n) is 3.05. The van der Waals surface area contributed by atoms with Crippen LogP contribution in [-0.2, 0) is 4.79 Å². The summed E-state index contributed by atoms with van der Waals surface area (Å²) in [6, 6.07) is -1.31. The second-order valence-corrected chi connectivity index (χ2v) is 3.58. The Balaban J connectivity index is 4.28. The molecule has 0 radical (unpaired) electrons. The maximum atomic E-state index is 11.4. The van der Waals surface area contributed by atoms with Crippen LogP contribution in [0.25, 0.3) is 0 Å². The van der Waals surface area contributed by atoms with Crippen LogP contribution in [0.1, 0.15) is 13.3 Å². The third kappa shape index (κ3) is 4.69. The van der Waals surface area contributed by atoms with Gasteiger partial charge >= 0.3 is 12.0 Å². The van der Waals surface area contributed by atoms with Crippen molar-refractivity contribution in [2.75, 3.05) is 13.6 Å². The zero-order valence-corrected chi connectivity index (χ0v) is 9.54. The molecule has 0 spiro atoms. The van der Waals surface area contributed by atoms with Gasteiger partial charge in [-0.05, 0) is 6.42 Å². The fourth-order valence-electron chi connectivity index (χ4n) is 1.05. The van der Waals surface area contributed by atoms with Crippen molar-refractivity contribution in [1.29, 1.82) is 0 Å². The molecule has 2 N–H and O–H groups in total. The van der Waals surface area contributed by atoms with Crippen LogP contribution in [-0.4, -0.2) is 41.6 Å². The molecule has 5 nitrogen and oxygen atoms in total. The Morgan fingerprint density at radius 2 is 2.13 bits per heavy atom. The lowest BCUT2D eigenvalue weighted by Gasteiger charge is -2.23. The zero-order valence-electron chi connectivity index (χ0n) is 8.79. The van der Waals surface area contributed by atoms with Crippen LogP contribution in [0, 0.1) is 0 Å². The highest BCUT2D eigenvalue weighted by Gasteiger charge is 2.24. The second kappa shape index (κ2) is 6.29. The summed E-state index contributed by atoms with van der Waals surface area (Å²) in [5.74, 6) is -1.03. The van der Waals surface area contributed by atoms with Gasteiger partial charge in [-0.1, -0.05) is 25.1 Å². The van der Waals surface area contributed by atoms with Crippen molar-refractivity contribution in [1.82, 2.24) is 10.2 Å². The fourth-order valence-corrected chi connectivity index (χ4v) is 1.12. The molecule has 0 fully saturated rings. The minimum atomic E-state index is -1.03. The average molecular weight is 235 g/mol. The molecule has 0 aliphatic heterocycles. The molecule has 1 atom stereocenters. The van der Waals surface area contributed by atoms with Gasteiger partial charge in [-0.3, -0.25) is 0 Å². The largest absolute Gasteiger partial charge is 0.480 e. The van der Waals surface area contributed by atoms with E-state index in [-0.39, 0.29) is 6.54 Å². The summed E-state index contributed by atoms with van der Waals surface area (Å²) in [4.78, 5) is 23.3. The number of likely N-dealkylation sites (N-methyl/N-ethyl adjacent to an activating group) is 1. The molecule has 1 unspecified atom stereocenters. The maximum absolute atomic E-state index is 11.4. The normalized spacial score (nSPS) is 11.7. The molecule has 6 heteroatoms. The highest BCUT2D eigenvalue weighted by atomic mass is 35.5. The van der Waals surface area contributed by atoms with Gasteiger partial charge in [0.15, 0.2) is 0 Å². The van der Waals surface area contributed by atoms with Crippen molar-refractivity contribution >= 4 is 23.6 Å². The molecule has 0 aromatic heterocycles. The van der Waals surface area contributed by atoms with Gasteiger partial charge in [-0.15, -0.1) is 0 Å². The van der Waals surface area contributed by atoms with Crippen molar-refractivity contribution in [3.05, 3.63) is 11.6 Å². The quantitative estimate of drug-likeness (QED) is 0.752. The number of urea groups is 1. The van der Waals surface area contributed by atoms with Crippen LogP contribution in [0.3, 0.4) is 0 Å². The number of halogens is 1. The van der Waals surface area contributed by atoms with E-state index in [1.807, 2.05) is 0 Å². The van der Waals surface area contributed by atoms with E-state index in [1.165, 1.54) is 7.05 Å². The lowest BCUT2D eigenvalue weighted by Crippen LogP contribution is -2.47. The minimum absolute atomic E-state index is 0.126. The van der Waals surface area contributed by atoms with E-state index in [0.717, 1.165) is 4.90 Å². The van der Waals surface area contributed by atoms with E-state index in [1.54, 1.807) is 6.92 Å². The predicted molar refractivity (Wildman–Crippen MR) is 57.9 cm³/mol. The average Bonchev–Trinajstić information content (AvgIpc) is 2.14. The van der Waals surface area contributed by atoms with Gasteiger partial charge in [0.1, 0.15) is 6.04 Å². The van der Waals surface area contributed by atoms with Crippen LogP contribution in [0.4, 0.5) is 4.79 Å². The van der Waals surface area contributed by atoms with E-state index in [9.17, 15) is 9.59 Å². The van der Waals surface area contributed by atoms with Gasteiger partial charge in [0, 0.05) is 12.1 Å². The van der Waals surface area contributed by atoms with Crippen LogP contribution in [0.2, 0.25) is 0 Å². The van der Waals surface area contributed by atoms with E-state index in [0.29, 0.717) is 11.5 Å². The molecule has 0 aliphatic carbocycles. The topological polar surface area (TPSA) is 69.6 Å². The number of hydrogen-bond acceptors (Lipinski definition) is 2. The van der Waals surface area contributed by atoms with Crippen LogP contribution in [0.5, 0.6) is 0 Å². The Morgan fingerprint density at radius 1 is 1.60 bits per heavy atom. The summed E-state index contributed by atoms with van der Waals surface area (Å²) >= 11 is 5.46. The van der Waals surface area contributed by atoms with Gasteiger partial charge < -0.3 is 15.3 Å². The first-order chi connectivity index (χ1) is 6.90. The number of nitrogens with one attached hydrogen (secondary N) is 1. The molecule has 0 rings (SSSR count). The standard InChI is InChI=1S/C9H15ClN2O3/c1-4-7(8(13)14)12(3)9(15)11-5-6(2)10/h7H,2,4-5H2,1,3H3,(H,11,15)(H,13,14). The number of carboxylic acid groups (broad SMARTS) is 1. The van der Waals surface area contributed by atoms with Gasteiger partial charge in [0.2, 0.25) is 0 Å². The Hall–Kier alpha value is -1.23. The number of hydrogen-bond donors (Lipinski definition) is 2. The first kappa shape index (κ1) is 13.8. The summed E-state index contributed by atoms with van der Waals surface area (Å²) in [6.45, 7) is 5.23. The summed E-state index contributed by atoms with van der Waals surface area (Å²) in [5.41, 5.74) is 0. The van der Waals surface area contributed by atoms with E-state index in [2.05, 4.69) is 11.9 Å². The number of carboxylic acids is 1. The highest BCUT2D eigenvalue weighted by Crippen LogP contribution is 2.02. The predicted octanol–water partition coefficient (Wildman–Crippen LogP) is 1.24. The molecular formula is C9H15ClN2O3. The molecule has 86 valence electrons. The van der Waals surface area contributed by atoms with Gasteiger partial charge in [0.05, 0.1) is 6.54 Å². The third-order valence-electron chi connectivity index (χ3n) is 1.89. The monoisotopic (exact) mass is 234 g/mol. The number of carbonyl (C=O) groups excluding carboxylic acids is 1. The third-order valence-corrected chi connectivity index (χ3v) is 2.02. The number of aliphatic carboxylic acids is 1. The number of amides is 2. The van der Waals surface area contributed by atoms with Crippen LogP contribution >= 0.6 is 11.6 Å². The smallest absolute Gasteiger partial charge is 0.326 e. The van der Waals surface area contributed by atoms with Crippen molar-refractivity contribution in [3.8, 4) is 0 Å². The number of carbonyl (C=O) groups is 2. The molecule has 0 aromatic carbocycles. The minimum Gasteiger partial charge on any atom is -0.480 e. The first-order valence-corrected chi connectivity index (χ1v) is 4.84. The lowest BCUT2D eigenvalue weighted by atomic mass is 10.2. The van der Waals surface area contributed by atoms with Gasteiger partial charge in [0.25, 0.3) is 0 Å². The maximum Gasteiger partial charge on any atom is 0.326 e. The van der Waals surface area contributed by atoms with Crippen molar-refractivity contribution in [2.45, 2.75) is 19.4 Å². The Labute approximate surface area is 93.7 Å². The van der Waals surface area contributed by atoms with Crippen molar-refractivity contribution in [3.63, 3.8) is 0 Å². The molecular weight excluding hydrogens is 220 g/mol. The van der Waals surface area contributed by atoms with Gasteiger partial charge in [-0.2, -0.15) is 0 Å². The molecule has 0 saturated heterocycles. The molecule has 2 amide bonds. The SMILES string of the molecule is C=C(Cl)CNC(=O)N(C)C(CC)C(=O)O. The fraction of sp³-hybridized carbons (Fsp3) is 0.556. The zero-order chi connectivity index (χ0) is 12.0. The number of rotatable bonds is 5. The lowest BCUT2D eigenvalue weighted by molar-refractivity contribution is -0.141. The Bertz CT molecular complexity index is 268. The van der Waals surface area contributed by atoms with Gasteiger partial charge in [-0.25, -0.2) is 9.59 Å². The van der Waals surface area contributed by atoms with Crippen LogP contribution < -0.4 is 5.32 Å². The Kier molecular flexibility index (Phi) is 5.77. The molecule has 0 bridgehead atoms. The van der Waals surface area contributed by atoms with E-state index < -0.39 is 18.0 Å². The molecule has 0 saturated carbocycles. The molecule has 0 aliphatic rings. The Morgan fingerprint density at radius 3 is 2.47 bits per heavy atom. The summed E-state index contributed by atoms with van der Waals surface area (Å²) in [6.07, 6.45) is 0.348. The van der Waals surface area contributed by atoms with Crippen molar-refractivity contribution in [2.24, 2.45) is 0 Å². The molecule has 0 heterocycles. The highest BCUT2D eigenvalue weighted by molar-refractivity contribution is 6.29. The summed E-state index contributed by atoms with van der Waals surface area (Å²) in [7, 11) is 1.43. The molecule has 0 aromatic rings. The summed E-state index contributed by atoms with van der Waals surface area (Å²) in [5, 5.41) is 11.5. The molecule has 15 heavy (non-hydrogen) atoms. The summed E-state index contributed by atoms with van der Waals surface area (Å²) < 4.78 is 0. The van der Waals surface area contributed by atoms with Crippen molar-refractivity contribution < 1.29 is 14.7 Å².